The molecule has 0 saturated carbocycles. The Balaban J connectivity index is 1.75. The van der Waals surface area contributed by atoms with Crippen LogP contribution in [-0.2, 0) is 4.74 Å². The molecule has 146 valence electrons. The molecule has 7 nitrogen and oxygen atoms in total. The highest BCUT2D eigenvalue weighted by Gasteiger charge is 2.22. The van der Waals surface area contributed by atoms with Gasteiger partial charge in [-0.05, 0) is 51.6 Å². The fourth-order valence-corrected chi connectivity index (χ4v) is 3.24. The number of carbonyl (C=O) groups excluding carboxylic acids is 1. The fraction of sp³-hybridized carbons (Fsp3) is 0.500. The van der Waals surface area contributed by atoms with Gasteiger partial charge in [0.15, 0.2) is 0 Å². The van der Waals surface area contributed by atoms with Gasteiger partial charge in [0.1, 0.15) is 5.58 Å². The first-order valence-electron chi connectivity index (χ1n) is 9.29. The summed E-state index contributed by atoms with van der Waals surface area (Å²) in [6, 6.07) is 6.65. The molecule has 0 spiro atoms. The van der Waals surface area contributed by atoms with Gasteiger partial charge in [0.2, 0.25) is 0 Å². The van der Waals surface area contributed by atoms with Crippen molar-refractivity contribution in [2.24, 2.45) is 0 Å². The summed E-state index contributed by atoms with van der Waals surface area (Å²) >= 11 is 0. The number of fused-ring (bicyclic) bond motifs is 1. The number of hydrogen-bond acceptors (Lipinski definition) is 5. The number of benzene rings is 1. The standard InChI is InChI=1S/C20H27N3O4/c1-14-11-19(24)27-18-12-15(6-7-17(14)18)21-20(25)23(9-8-22(2)3)13-16-5-4-10-26-16/h6-7,11-12,16H,4-5,8-10,13H2,1-3H3,(H,21,25). The number of ether oxygens (including phenoxy) is 1. The minimum atomic E-state index is -0.394. The van der Waals surface area contributed by atoms with Gasteiger partial charge in [-0.15, -0.1) is 0 Å². The first-order valence-corrected chi connectivity index (χ1v) is 9.29. The Labute approximate surface area is 158 Å². The van der Waals surface area contributed by atoms with E-state index in [1.807, 2.05) is 38.1 Å². The van der Waals surface area contributed by atoms with Crippen LogP contribution in [0.4, 0.5) is 10.5 Å². The van der Waals surface area contributed by atoms with Crippen molar-refractivity contribution in [2.45, 2.75) is 25.9 Å². The number of carbonyl (C=O) groups is 1. The molecule has 1 unspecified atom stereocenters. The van der Waals surface area contributed by atoms with Crippen LogP contribution in [0.1, 0.15) is 18.4 Å². The highest BCUT2D eigenvalue weighted by atomic mass is 16.5. The van der Waals surface area contributed by atoms with Crippen molar-refractivity contribution in [1.82, 2.24) is 9.80 Å². The lowest BCUT2D eigenvalue weighted by Crippen LogP contribution is -2.43. The second-order valence-electron chi connectivity index (χ2n) is 7.27. The molecule has 1 aliphatic heterocycles. The molecular formula is C20H27N3O4. The van der Waals surface area contributed by atoms with Gasteiger partial charge in [0.25, 0.3) is 0 Å². The number of likely N-dealkylation sites (N-methyl/N-ethyl adjacent to an activating group) is 1. The Morgan fingerprint density at radius 3 is 2.78 bits per heavy atom. The van der Waals surface area contributed by atoms with Crippen molar-refractivity contribution in [3.8, 4) is 0 Å². The number of nitrogens with zero attached hydrogens (tertiary/aromatic N) is 2. The number of rotatable bonds is 6. The minimum Gasteiger partial charge on any atom is -0.423 e. The smallest absolute Gasteiger partial charge is 0.336 e. The Kier molecular flexibility index (Phi) is 6.13. The molecule has 0 aliphatic carbocycles. The van der Waals surface area contributed by atoms with E-state index in [9.17, 15) is 9.59 Å². The van der Waals surface area contributed by atoms with Crippen LogP contribution in [0.25, 0.3) is 11.0 Å². The van der Waals surface area contributed by atoms with Gasteiger partial charge in [-0.1, -0.05) is 0 Å². The predicted octanol–water partition coefficient (Wildman–Crippen LogP) is 2.68. The summed E-state index contributed by atoms with van der Waals surface area (Å²) in [4.78, 5) is 28.3. The Bertz CT molecular complexity index is 856. The molecule has 7 heteroatoms. The van der Waals surface area contributed by atoms with E-state index in [0.717, 1.165) is 36.9 Å². The van der Waals surface area contributed by atoms with Gasteiger partial charge in [0.05, 0.1) is 6.10 Å². The van der Waals surface area contributed by atoms with Crippen LogP contribution in [0.3, 0.4) is 0 Å². The van der Waals surface area contributed by atoms with Gasteiger partial charge in [-0.25, -0.2) is 9.59 Å². The Morgan fingerprint density at radius 1 is 1.26 bits per heavy atom. The lowest BCUT2D eigenvalue weighted by atomic mass is 10.1. The highest BCUT2D eigenvalue weighted by molar-refractivity contribution is 5.92. The molecular weight excluding hydrogens is 346 g/mol. The summed E-state index contributed by atoms with van der Waals surface area (Å²) in [6.07, 6.45) is 2.11. The zero-order valence-electron chi connectivity index (χ0n) is 16.2. The summed E-state index contributed by atoms with van der Waals surface area (Å²) < 4.78 is 11.0. The number of anilines is 1. The molecule has 1 aromatic heterocycles. The van der Waals surface area contributed by atoms with Crippen LogP contribution >= 0.6 is 0 Å². The quantitative estimate of drug-likeness (QED) is 0.788. The molecule has 1 aromatic carbocycles. The van der Waals surface area contributed by atoms with Crippen LogP contribution in [-0.4, -0.2) is 62.3 Å². The molecule has 1 saturated heterocycles. The second kappa shape index (κ2) is 8.54. The van der Waals surface area contributed by atoms with E-state index in [-0.39, 0.29) is 12.1 Å². The molecule has 3 rings (SSSR count). The maximum Gasteiger partial charge on any atom is 0.336 e. The normalized spacial score (nSPS) is 16.8. The molecule has 1 N–H and O–H groups in total. The van der Waals surface area contributed by atoms with Crippen LogP contribution in [0, 0.1) is 6.92 Å². The summed E-state index contributed by atoms with van der Waals surface area (Å²) in [5, 5.41) is 3.78. The van der Waals surface area contributed by atoms with E-state index in [0.29, 0.717) is 24.4 Å². The Hall–Kier alpha value is -2.38. The van der Waals surface area contributed by atoms with Crippen LogP contribution in [0.15, 0.2) is 33.5 Å². The van der Waals surface area contributed by atoms with Crippen molar-refractivity contribution < 1.29 is 13.9 Å². The monoisotopic (exact) mass is 373 g/mol. The molecule has 2 heterocycles. The van der Waals surface area contributed by atoms with Crippen LogP contribution in [0.5, 0.6) is 0 Å². The summed E-state index contributed by atoms with van der Waals surface area (Å²) in [5.41, 5.74) is 1.53. The number of amides is 2. The van der Waals surface area contributed by atoms with E-state index in [4.69, 9.17) is 9.15 Å². The highest BCUT2D eigenvalue weighted by Crippen LogP contribution is 2.21. The van der Waals surface area contributed by atoms with Gasteiger partial charge in [-0.3, -0.25) is 0 Å². The number of urea groups is 1. The van der Waals surface area contributed by atoms with Crippen molar-refractivity contribution in [1.29, 1.82) is 0 Å². The van der Waals surface area contributed by atoms with E-state index >= 15 is 0 Å². The zero-order chi connectivity index (χ0) is 19.4. The molecule has 0 radical (unpaired) electrons. The first-order chi connectivity index (χ1) is 12.9. The van der Waals surface area contributed by atoms with Crippen molar-refractivity contribution in [3.05, 3.63) is 40.2 Å². The average Bonchev–Trinajstić information content (AvgIpc) is 3.11. The van der Waals surface area contributed by atoms with E-state index < -0.39 is 5.63 Å². The lowest BCUT2D eigenvalue weighted by molar-refractivity contribution is 0.0820. The summed E-state index contributed by atoms with van der Waals surface area (Å²) in [5.74, 6) is 0. The summed E-state index contributed by atoms with van der Waals surface area (Å²) in [6.45, 7) is 4.58. The topological polar surface area (TPSA) is 75.0 Å². The third-order valence-corrected chi connectivity index (χ3v) is 4.75. The van der Waals surface area contributed by atoms with Gasteiger partial charge in [-0.2, -0.15) is 0 Å². The van der Waals surface area contributed by atoms with Gasteiger partial charge >= 0.3 is 11.7 Å². The first kappa shape index (κ1) is 19.4. The van der Waals surface area contributed by atoms with E-state index in [2.05, 4.69) is 5.32 Å². The molecule has 0 bridgehead atoms. The molecule has 2 amide bonds. The number of hydrogen-bond donors (Lipinski definition) is 1. The van der Waals surface area contributed by atoms with Gasteiger partial charge < -0.3 is 24.3 Å². The number of nitrogens with one attached hydrogen (secondary N) is 1. The maximum atomic E-state index is 12.8. The lowest BCUT2D eigenvalue weighted by Gasteiger charge is -2.27. The molecule has 1 fully saturated rings. The van der Waals surface area contributed by atoms with E-state index in [1.54, 1.807) is 11.0 Å². The third kappa shape index (κ3) is 5.08. The average molecular weight is 373 g/mol. The predicted molar refractivity (Wildman–Crippen MR) is 105 cm³/mol. The molecule has 1 aliphatic rings. The molecule has 1 atom stereocenters. The third-order valence-electron chi connectivity index (χ3n) is 4.75. The minimum absolute atomic E-state index is 0.0928. The van der Waals surface area contributed by atoms with Crippen molar-refractivity contribution >= 4 is 22.7 Å². The van der Waals surface area contributed by atoms with Gasteiger partial charge in [0, 0.05) is 49.4 Å². The van der Waals surface area contributed by atoms with Crippen LogP contribution < -0.4 is 10.9 Å². The largest absolute Gasteiger partial charge is 0.423 e. The Morgan fingerprint density at radius 2 is 2.07 bits per heavy atom. The van der Waals surface area contributed by atoms with E-state index in [1.165, 1.54) is 6.07 Å². The maximum absolute atomic E-state index is 12.8. The molecule has 27 heavy (non-hydrogen) atoms. The second-order valence-corrected chi connectivity index (χ2v) is 7.27. The molecule has 2 aromatic rings. The zero-order valence-corrected chi connectivity index (χ0v) is 16.2. The number of aryl methyl sites for hydroxylation is 1. The SMILES string of the molecule is Cc1cc(=O)oc2cc(NC(=O)N(CCN(C)C)CC3CCCO3)ccc12. The van der Waals surface area contributed by atoms with Crippen molar-refractivity contribution in [3.63, 3.8) is 0 Å². The summed E-state index contributed by atoms with van der Waals surface area (Å²) in [7, 11) is 3.96. The van der Waals surface area contributed by atoms with Crippen molar-refractivity contribution in [2.75, 3.05) is 45.7 Å². The fourth-order valence-electron chi connectivity index (χ4n) is 3.24. The van der Waals surface area contributed by atoms with Crippen LogP contribution in [0.2, 0.25) is 0 Å².